The van der Waals surface area contributed by atoms with Gasteiger partial charge in [0, 0.05) is 12.3 Å². The molecule has 4 nitrogen and oxygen atoms in total. The molecule has 5 heteroatoms. The van der Waals surface area contributed by atoms with Gasteiger partial charge >= 0.3 is 0 Å². The van der Waals surface area contributed by atoms with Crippen molar-refractivity contribution < 1.29 is 4.79 Å². The molecule has 17 heavy (non-hydrogen) atoms. The first-order valence-electron chi connectivity index (χ1n) is 5.16. The zero-order chi connectivity index (χ0) is 12.7. The third-order valence-electron chi connectivity index (χ3n) is 2.07. The van der Waals surface area contributed by atoms with Crippen molar-refractivity contribution in [2.75, 3.05) is 23.8 Å². The van der Waals surface area contributed by atoms with Gasteiger partial charge < -0.3 is 11.1 Å². The number of hydrogen-bond donors (Lipinski definition) is 2. The molecule has 0 radical (unpaired) electrons. The fraction of sp³-hybridized carbons (Fsp3) is 0.333. The van der Waals surface area contributed by atoms with E-state index in [2.05, 4.69) is 16.2 Å². The highest BCUT2D eigenvalue weighted by Crippen LogP contribution is 2.09. The van der Waals surface area contributed by atoms with E-state index < -0.39 is 0 Å². The molecule has 0 spiro atoms. The molecule has 0 atom stereocenters. The fourth-order valence-electron chi connectivity index (χ4n) is 1.24. The van der Waals surface area contributed by atoms with Crippen LogP contribution in [0.2, 0.25) is 0 Å². The van der Waals surface area contributed by atoms with Crippen molar-refractivity contribution in [3.63, 3.8) is 0 Å². The number of terminal acetylenes is 1. The van der Waals surface area contributed by atoms with Gasteiger partial charge in [-0.15, -0.1) is 18.2 Å². The maximum absolute atomic E-state index is 11.8. The number of nitrogen functional groups attached to an aromatic ring is 1. The van der Waals surface area contributed by atoms with Crippen LogP contribution in [0, 0.1) is 19.3 Å². The molecule has 0 aliphatic carbocycles. The number of hydrogen-bond acceptors (Lipinski definition) is 4. The second kappa shape index (κ2) is 6.81. The number of pyridine rings is 1. The van der Waals surface area contributed by atoms with E-state index in [0.29, 0.717) is 29.2 Å². The third kappa shape index (κ3) is 4.37. The largest absolute Gasteiger partial charge is 0.397 e. The molecule has 90 valence electrons. The maximum Gasteiger partial charge on any atom is 0.253 e. The fourth-order valence-corrected chi connectivity index (χ4v) is 1.75. The van der Waals surface area contributed by atoms with E-state index in [1.165, 1.54) is 6.20 Å². The van der Waals surface area contributed by atoms with E-state index in [4.69, 9.17) is 12.2 Å². The summed E-state index contributed by atoms with van der Waals surface area (Å²) in [5.74, 6) is 3.84. The van der Waals surface area contributed by atoms with Crippen molar-refractivity contribution in [3.05, 3.63) is 23.5 Å². The highest BCUT2D eigenvalue weighted by Gasteiger charge is 2.09. The van der Waals surface area contributed by atoms with Crippen LogP contribution in [0.3, 0.4) is 0 Å². The summed E-state index contributed by atoms with van der Waals surface area (Å²) in [5.41, 5.74) is 7.27. The molecular formula is C12H15N3OS. The molecule has 0 aromatic carbocycles. The number of nitrogens with one attached hydrogen (secondary N) is 1. The average molecular weight is 249 g/mol. The smallest absolute Gasteiger partial charge is 0.253 e. The number of carbonyl (C=O) groups is 1. The van der Waals surface area contributed by atoms with Crippen molar-refractivity contribution in [1.82, 2.24) is 10.3 Å². The molecule has 0 unspecified atom stereocenters. The van der Waals surface area contributed by atoms with Crippen LogP contribution >= 0.6 is 11.8 Å². The normalized spacial score (nSPS) is 9.65. The molecular weight excluding hydrogens is 234 g/mol. The summed E-state index contributed by atoms with van der Waals surface area (Å²) in [6.07, 6.45) is 6.65. The number of rotatable bonds is 5. The number of aromatic nitrogens is 1. The van der Waals surface area contributed by atoms with Crippen LogP contribution in [-0.4, -0.2) is 28.9 Å². The minimum Gasteiger partial charge on any atom is -0.397 e. The number of carbonyl (C=O) groups excluding carboxylic acids is 1. The number of thioether (sulfide) groups is 1. The Morgan fingerprint density at radius 2 is 2.47 bits per heavy atom. The maximum atomic E-state index is 11.8. The lowest BCUT2D eigenvalue weighted by molar-refractivity contribution is 0.0955. The van der Waals surface area contributed by atoms with Gasteiger partial charge in [0.05, 0.1) is 28.9 Å². The van der Waals surface area contributed by atoms with E-state index in [1.54, 1.807) is 24.8 Å². The van der Waals surface area contributed by atoms with E-state index in [-0.39, 0.29) is 5.91 Å². The monoisotopic (exact) mass is 249 g/mol. The van der Waals surface area contributed by atoms with Crippen LogP contribution in [0.1, 0.15) is 16.1 Å². The molecule has 0 saturated heterocycles. The number of nitrogens with two attached hydrogens (primary N) is 1. The summed E-state index contributed by atoms with van der Waals surface area (Å²) in [7, 11) is 0. The lowest BCUT2D eigenvalue weighted by Crippen LogP contribution is -2.26. The van der Waals surface area contributed by atoms with Gasteiger partial charge in [0.2, 0.25) is 0 Å². The third-order valence-corrected chi connectivity index (χ3v) is 2.93. The molecule has 3 N–H and O–H groups in total. The van der Waals surface area contributed by atoms with E-state index >= 15 is 0 Å². The van der Waals surface area contributed by atoms with Crippen molar-refractivity contribution in [3.8, 4) is 12.3 Å². The quantitative estimate of drug-likeness (QED) is 0.605. The van der Waals surface area contributed by atoms with Crippen molar-refractivity contribution in [2.24, 2.45) is 0 Å². The van der Waals surface area contributed by atoms with Gasteiger partial charge in [-0.3, -0.25) is 9.78 Å². The Labute approximate surface area is 105 Å². The Kier molecular flexibility index (Phi) is 5.37. The van der Waals surface area contributed by atoms with Gasteiger partial charge in [-0.25, -0.2) is 0 Å². The van der Waals surface area contributed by atoms with Gasteiger partial charge in [-0.1, -0.05) is 5.92 Å². The summed E-state index contributed by atoms with van der Waals surface area (Å²) >= 11 is 1.61. The van der Waals surface area contributed by atoms with E-state index in [0.717, 1.165) is 5.75 Å². The van der Waals surface area contributed by atoms with Crippen LogP contribution in [0.15, 0.2) is 12.3 Å². The Balaban J connectivity index is 2.47. The predicted octanol–water partition coefficient (Wildman–Crippen LogP) is 1.07. The number of amides is 1. The lowest BCUT2D eigenvalue weighted by atomic mass is 10.2. The summed E-state index contributed by atoms with van der Waals surface area (Å²) < 4.78 is 0. The van der Waals surface area contributed by atoms with Crippen LogP contribution in [0.5, 0.6) is 0 Å². The number of aryl methyl sites for hydroxylation is 1. The second-order valence-electron chi connectivity index (χ2n) is 3.41. The summed E-state index contributed by atoms with van der Waals surface area (Å²) in [5, 5.41) is 2.80. The minimum absolute atomic E-state index is 0.149. The van der Waals surface area contributed by atoms with Gasteiger partial charge in [0.1, 0.15) is 0 Å². The molecule has 1 heterocycles. The molecule has 0 aliphatic heterocycles. The molecule has 1 amide bonds. The predicted molar refractivity (Wildman–Crippen MR) is 71.9 cm³/mol. The summed E-state index contributed by atoms with van der Waals surface area (Å²) in [6, 6.07) is 1.63. The van der Waals surface area contributed by atoms with Crippen LogP contribution in [0.25, 0.3) is 0 Å². The van der Waals surface area contributed by atoms with Gasteiger partial charge in [0.25, 0.3) is 5.91 Å². The number of nitrogens with zero attached hydrogens (tertiary/aromatic N) is 1. The SMILES string of the molecule is C#CCSCCNC(=O)c1cc(N)cnc1C. The summed E-state index contributed by atoms with van der Waals surface area (Å²) in [4.78, 5) is 15.8. The van der Waals surface area contributed by atoms with E-state index in [9.17, 15) is 4.79 Å². The van der Waals surface area contributed by atoms with Gasteiger partial charge in [0.15, 0.2) is 0 Å². The van der Waals surface area contributed by atoms with Crippen LogP contribution in [-0.2, 0) is 0 Å². The highest BCUT2D eigenvalue weighted by molar-refractivity contribution is 7.99. The van der Waals surface area contributed by atoms with E-state index in [1.807, 2.05) is 0 Å². The summed E-state index contributed by atoms with van der Waals surface area (Å²) in [6.45, 7) is 2.36. The van der Waals surface area contributed by atoms with Gasteiger partial charge in [-0.05, 0) is 13.0 Å². The first-order chi connectivity index (χ1) is 8.15. The molecule has 0 saturated carbocycles. The molecule has 1 rings (SSSR count). The zero-order valence-electron chi connectivity index (χ0n) is 9.69. The zero-order valence-corrected chi connectivity index (χ0v) is 10.5. The Hall–Kier alpha value is -1.67. The standard InChI is InChI=1S/C12H15N3OS/c1-3-5-17-6-4-14-12(16)11-7-10(13)8-15-9(11)2/h1,7-8H,4-6,13H2,2H3,(H,14,16). The molecule has 0 aliphatic rings. The Morgan fingerprint density at radius 1 is 1.71 bits per heavy atom. The van der Waals surface area contributed by atoms with Crippen molar-refractivity contribution >= 4 is 23.4 Å². The first kappa shape index (κ1) is 13.4. The topological polar surface area (TPSA) is 68.0 Å². The highest BCUT2D eigenvalue weighted by atomic mass is 32.2. The molecule has 1 aromatic heterocycles. The average Bonchev–Trinajstić information content (AvgIpc) is 2.32. The number of anilines is 1. The van der Waals surface area contributed by atoms with Crippen molar-refractivity contribution in [2.45, 2.75) is 6.92 Å². The Bertz CT molecular complexity index is 440. The van der Waals surface area contributed by atoms with Gasteiger partial charge in [-0.2, -0.15) is 0 Å². The molecule has 1 aromatic rings. The van der Waals surface area contributed by atoms with Crippen molar-refractivity contribution in [1.29, 1.82) is 0 Å². The minimum atomic E-state index is -0.149. The van der Waals surface area contributed by atoms with Crippen LogP contribution < -0.4 is 11.1 Å². The Morgan fingerprint density at radius 3 is 3.18 bits per heavy atom. The second-order valence-corrected chi connectivity index (χ2v) is 4.52. The van der Waals surface area contributed by atoms with Crippen LogP contribution in [0.4, 0.5) is 5.69 Å². The first-order valence-corrected chi connectivity index (χ1v) is 6.32. The lowest BCUT2D eigenvalue weighted by Gasteiger charge is -2.07. The molecule has 0 bridgehead atoms. The molecule has 0 fully saturated rings.